The Balaban J connectivity index is 2.17. The van der Waals surface area contributed by atoms with Crippen LogP contribution >= 0.6 is 11.8 Å². The third-order valence-electron chi connectivity index (χ3n) is 4.28. The SMILES string of the molecule is CCN(CC)S(=O)(=O)c1ccc(OC(C)C)c(NC(=O)CSCc2ccccc2)c1. The van der Waals surface area contributed by atoms with E-state index in [1.54, 1.807) is 19.9 Å². The van der Waals surface area contributed by atoms with Crippen molar-refractivity contribution in [3.05, 3.63) is 54.1 Å². The van der Waals surface area contributed by atoms with Crippen LogP contribution in [0.1, 0.15) is 33.3 Å². The lowest BCUT2D eigenvalue weighted by Gasteiger charge is -2.20. The van der Waals surface area contributed by atoms with Crippen LogP contribution in [-0.2, 0) is 20.6 Å². The summed E-state index contributed by atoms with van der Waals surface area (Å²) >= 11 is 1.50. The average molecular weight is 451 g/mol. The summed E-state index contributed by atoms with van der Waals surface area (Å²) in [5.41, 5.74) is 1.51. The van der Waals surface area contributed by atoms with Gasteiger partial charge in [-0.25, -0.2) is 8.42 Å². The van der Waals surface area contributed by atoms with Crippen molar-refractivity contribution in [3.63, 3.8) is 0 Å². The van der Waals surface area contributed by atoms with Gasteiger partial charge in [-0.3, -0.25) is 4.79 Å². The first-order valence-corrected chi connectivity index (χ1v) is 12.6. The summed E-state index contributed by atoms with van der Waals surface area (Å²) in [6.45, 7) is 8.10. The third kappa shape index (κ3) is 6.75. The molecule has 2 aromatic rings. The predicted molar refractivity (Wildman–Crippen MR) is 124 cm³/mol. The number of sulfonamides is 1. The normalized spacial score (nSPS) is 11.7. The molecule has 6 nitrogen and oxygen atoms in total. The molecular formula is C22H30N2O4S2. The van der Waals surface area contributed by atoms with Crippen molar-refractivity contribution < 1.29 is 17.9 Å². The number of hydrogen-bond acceptors (Lipinski definition) is 5. The molecule has 0 unspecified atom stereocenters. The lowest BCUT2D eigenvalue weighted by atomic mass is 10.2. The van der Waals surface area contributed by atoms with Crippen molar-refractivity contribution >= 4 is 33.4 Å². The summed E-state index contributed by atoms with van der Waals surface area (Å²) in [5.74, 6) is 1.22. The number of ether oxygens (including phenoxy) is 1. The Bertz CT molecular complexity index is 927. The van der Waals surface area contributed by atoms with Crippen molar-refractivity contribution in [1.29, 1.82) is 0 Å². The van der Waals surface area contributed by atoms with Crippen molar-refractivity contribution in [2.24, 2.45) is 0 Å². The van der Waals surface area contributed by atoms with Crippen LogP contribution in [0.25, 0.3) is 0 Å². The fraction of sp³-hybridized carbons (Fsp3) is 0.409. The van der Waals surface area contributed by atoms with Crippen LogP contribution in [0.15, 0.2) is 53.4 Å². The van der Waals surface area contributed by atoms with Gasteiger partial charge in [-0.15, -0.1) is 11.8 Å². The van der Waals surface area contributed by atoms with Gasteiger partial charge < -0.3 is 10.1 Å². The number of rotatable bonds is 11. The second-order valence-corrected chi connectivity index (χ2v) is 9.86. The lowest BCUT2D eigenvalue weighted by molar-refractivity contribution is -0.113. The molecular weight excluding hydrogens is 420 g/mol. The number of anilines is 1. The van der Waals surface area contributed by atoms with E-state index in [1.807, 2.05) is 44.2 Å². The van der Waals surface area contributed by atoms with E-state index in [4.69, 9.17) is 4.74 Å². The molecule has 0 radical (unpaired) electrons. The standard InChI is InChI=1S/C22H30N2O4S2/c1-5-24(6-2)30(26,27)19-12-13-21(28-17(3)4)20(14-19)23-22(25)16-29-15-18-10-8-7-9-11-18/h7-14,17H,5-6,15-16H2,1-4H3,(H,23,25). The largest absolute Gasteiger partial charge is 0.489 e. The Morgan fingerprint density at radius 2 is 1.77 bits per heavy atom. The molecule has 0 bridgehead atoms. The maximum atomic E-state index is 12.9. The number of amides is 1. The van der Waals surface area contributed by atoms with Crippen LogP contribution in [0.3, 0.4) is 0 Å². The molecule has 30 heavy (non-hydrogen) atoms. The maximum absolute atomic E-state index is 12.9. The first kappa shape index (κ1) is 24.2. The topological polar surface area (TPSA) is 75.7 Å². The molecule has 1 N–H and O–H groups in total. The monoisotopic (exact) mass is 450 g/mol. The third-order valence-corrected chi connectivity index (χ3v) is 7.33. The van der Waals surface area contributed by atoms with Crippen molar-refractivity contribution in [3.8, 4) is 5.75 Å². The first-order valence-electron chi connectivity index (χ1n) is 10.00. The number of nitrogens with one attached hydrogen (secondary N) is 1. The molecule has 0 fully saturated rings. The number of carbonyl (C=O) groups is 1. The van der Waals surface area contributed by atoms with E-state index in [1.165, 1.54) is 28.2 Å². The molecule has 0 saturated carbocycles. The van der Waals surface area contributed by atoms with E-state index >= 15 is 0 Å². The van der Waals surface area contributed by atoms with Gasteiger partial charge in [0.25, 0.3) is 0 Å². The fourth-order valence-corrected chi connectivity index (χ4v) is 5.13. The molecule has 8 heteroatoms. The second-order valence-electron chi connectivity index (χ2n) is 6.94. The van der Waals surface area contributed by atoms with Gasteiger partial charge in [-0.1, -0.05) is 44.2 Å². The quantitative estimate of drug-likeness (QED) is 0.550. The zero-order valence-electron chi connectivity index (χ0n) is 17.9. The summed E-state index contributed by atoms with van der Waals surface area (Å²) < 4.78 is 32.9. The number of thioether (sulfide) groups is 1. The highest BCUT2D eigenvalue weighted by Gasteiger charge is 2.23. The van der Waals surface area contributed by atoms with E-state index in [9.17, 15) is 13.2 Å². The van der Waals surface area contributed by atoms with Crippen LogP contribution in [0, 0.1) is 0 Å². The number of carbonyl (C=O) groups excluding carboxylic acids is 1. The van der Waals surface area contributed by atoms with Crippen LogP contribution in [0.2, 0.25) is 0 Å². The molecule has 0 aliphatic heterocycles. The summed E-state index contributed by atoms with van der Waals surface area (Å²) in [6.07, 6.45) is -0.113. The molecule has 0 aliphatic carbocycles. The number of nitrogens with zero attached hydrogens (tertiary/aromatic N) is 1. The van der Waals surface area contributed by atoms with E-state index in [2.05, 4.69) is 5.32 Å². The van der Waals surface area contributed by atoms with Crippen LogP contribution in [-0.4, -0.2) is 43.6 Å². The Hall–Kier alpha value is -2.03. The molecule has 0 heterocycles. The van der Waals surface area contributed by atoms with Gasteiger partial charge in [0.15, 0.2) is 0 Å². The molecule has 0 atom stereocenters. The second kappa shape index (κ2) is 11.4. The first-order chi connectivity index (χ1) is 14.3. The van der Waals surface area contributed by atoms with Crippen LogP contribution in [0.4, 0.5) is 5.69 Å². The fourth-order valence-electron chi connectivity index (χ4n) is 2.86. The van der Waals surface area contributed by atoms with Crippen LogP contribution in [0.5, 0.6) is 5.75 Å². The average Bonchev–Trinajstić information content (AvgIpc) is 2.70. The predicted octanol–water partition coefficient (Wildman–Crippen LogP) is 4.38. The highest BCUT2D eigenvalue weighted by molar-refractivity contribution is 7.99. The molecule has 0 aromatic heterocycles. The molecule has 0 aliphatic rings. The minimum absolute atomic E-state index is 0.113. The summed E-state index contributed by atoms with van der Waals surface area (Å²) in [7, 11) is -3.64. The van der Waals surface area contributed by atoms with E-state index < -0.39 is 10.0 Å². The van der Waals surface area contributed by atoms with Crippen molar-refractivity contribution in [2.75, 3.05) is 24.2 Å². The van der Waals surface area contributed by atoms with Crippen LogP contribution < -0.4 is 10.1 Å². The Morgan fingerprint density at radius 1 is 1.10 bits per heavy atom. The molecule has 2 aromatic carbocycles. The van der Waals surface area contributed by atoms with Crippen molar-refractivity contribution in [1.82, 2.24) is 4.31 Å². The Kier molecular flexibility index (Phi) is 9.20. The van der Waals surface area contributed by atoms with Gasteiger partial charge >= 0.3 is 0 Å². The van der Waals surface area contributed by atoms with Gasteiger partial charge in [0.2, 0.25) is 15.9 Å². The lowest BCUT2D eigenvalue weighted by Crippen LogP contribution is -2.30. The molecule has 164 valence electrons. The maximum Gasteiger partial charge on any atom is 0.243 e. The zero-order valence-corrected chi connectivity index (χ0v) is 19.6. The van der Waals surface area contributed by atoms with E-state index in [0.717, 1.165) is 11.3 Å². The van der Waals surface area contributed by atoms with Gasteiger partial charge in [0.05, 0.1) is 22.4 Å². The number of benzene rings is 2. The highest BCUT2D eigenvalue weighted by atomic mass is 32.2. The van der Waals surface area contributed by atoms with Gasteiger partial charge in [-0.05, 0) is 37.6 Å². The molecule has 0 saturated heterocycles. The minimum atomic E-state index is -3.64. The summed E-state index contributed by atoms with van der Waals surface area (Å²) in [4.78, 5) is 12.6. The smallest absolute Gasteiger partial charge is 0.243 e. The highest BCUT2D eigenvalue weighted by Crippen LogP contribution is 2.30. The van der Waals surface area contributed by atoms with Gasteiger partial charge in [-0.2, -0.15) is 4.31 Å². The summed E-state index contributed by atoms with van der Waals surface area (Å²) in [6, 6.07) is 14.5. The molecule has 0 spiro atoms. The Labute approximate surface area is 184 Å². The Morgan fingerprint density at radius 3 is 2.37 bits per heavy atom. The van der Waals surface area contributed by atoms with Gasteiger partial charge in [0, 0.05) is 18.8 Å². The number of hydrogen-bond donors (Lipinski definition) is 1. The zero-order chi connectivity index (χ0) is 22.1. The van der Waals surface area contributed by atoms with Crippen molar-refractivity contribution in [2.45, 2.75) is 44.4 Å². The summed E-state index contributed by atoms with van der Waals surface area (Å²) in [5, 5.41) is 2.82. The van der Waals surface area contributed by atoms with E-state index in [-0.39, 0.29) is 22.7 Å². The molecule has 1 amide bonds. The molecule has 2 rings (SSSR count). The van der Waals surface area contributed by atoms with Gasteiger partial charge in [0.1, 0.15) is 5.75 Å². The van der Waals surface area contributed by atoms with E-state index in [0.29, 0.717) is 24.5 Å². The minimum Gasteiger partial charge on any atom is -0.489 e.